The van der Waals surface area contributed by atoms with E-state index in [4.69, 9.17) is 13.8 Å². The highest BCUT2D eigenvalue weighted by Gasteiger charge is 2.21. The van der Waals surface area contributed by atoms with Crippen LogP contribution >= 0.6 is 0 Å². The highest BCUT2D eigenvalue weighted by molar-refractivity contribution is 6.19. The largest absolute Gasteiger partial charge is 0.456 e. The van der Waals surface area contributed by atoms with Crippen LogP contribution in [0.3, 0.4) is 0 Å². The van der Waals surface area contributed by atoms with Crippen molar-refractivity contribution in [3.8, 4) is 28.3 Å². The van der Waals surface area contributed by atoms with E-state index in [0.717, 1.165) is 78.0 Å². The van der Waals surface area contributed by atoms with Gasteiger partial charge in [-0.05, 0) is 95.4 Å². The number of para-hydroxylation sites is 2. The van der Waals surface area contributed by atoms with E-state index in [2.05, 4.69) is 161 Å². The Balaban J connectivity index is 1.07. The van der Waals surface area contributed by atoms with E-state index in [1.807, 2.05) is 48.5 Å². The topological polar surface area (TPSA) is 47.3 Å². The lowest BCUT2D eigenvalue weighted by molar-refractivity contribution is 0.620. The second-order valence-electron chi connectivity index (χ2n) is 14.8. The van der Waals surface area contributed by atoms with Crippen LogP contribution in [0.4, 0.5) is 17.1 Å². The van der Waals surface area contributed by atoms with Crippen LogP contribution in [0.5, 0.6) is 0 Å². The van der Waals surface area contributed by atoms with Crippen LogP contribution in [0.25, 0.3) is 93.9 Å². The third-order valence-corrected chi connectivity index (χ3v) is 11.4. The number of benzene rings is 9. The van der Waals surface area contributed by atoms with Crippen LogP contribution in [0.1, 0.15) is 0 Å². The van der Waals surface area contributed by atoms with E-state index < -0.39 is 0 Å². The zero-order valence-electron chi connectivity index (χ0n) is 31.2. The van der Waals surface area contributed by atoms with Crippen LogP contribution < -0.4 is 4.90 Å². The molecule has 0 saturated heterocycles. The van der Waals surface area contributed by atoms with Gasteiger partial charge in [0.15, 0.2) is 5.58 Å². The second-order valence-corrected chi connectivity index (χ2v) is 14.8. The van der Waals surface area contributed by atoms with Crippen LogP contribution in [0, 0.1) is 0 Å². The number of rotatable bonds is 6. The fourth-order valence-corrected chi connectivity index (χ4v) is 8.69. The van der Waals surface area contributed by atoms with Gasteiger partial charge in [0.2, 0.25) is 5.89 Å². The Labute approximate surface area is 333 Å². The van der Waals surface area contributed by atoms with E-state index in [9.17, 15) is 0 Å². The minimum atomic E-state index is 0.616. The monoisotopic (exact) mass is 743 g/mol. The maximum absolute atomic E-state index is 6.46. The van der Waals surface area contributed by atoms with E-state index >= 15 is 0 Å². The van der Waals surface area contributed by atoms with Crippen molar-refractivity contribution in [3.63, 3.8) is 0 Å². The van der Waals surface area contributed by atoms with Crippen LogP contribution in [0.2, 0.25) is 0 Å². The lowest BCUT2D eigenvalue weighted by Gasteiger charge is -2.26. The Morgan fingerprint density at radius 2 is 1.07 bits per heavy atom. The molecule has 0 aliphatic carbocycles. The first kappa shape index (κ1) is 32.4. The minimum Gasteiger partial charge on any atom is -0.456 e. The van der Waals surface area contributed by atoms with Gasteiger partial charge < -0.3 is 18.3 Å². The van der Waals surface area contributed by atoms with E-state index in [1.54, 1.807) is 0 Å². The molecule has 0 fully saturated rings. The summed E-state index contributed by atoms with van der Waals surface area (Å²) in [5.41, 5.74) is 12.9. The zero-order chi connectivity index (χ0) is 38.2. The molecule has 0 amide bonds. The summed E-state index contributed by atoms with van der Waals surface area (Å²) in [7, 11) is 0. The standard InChI is InChI=1S/C53H33N3O2/c1-3-13-35(14-4-1)53-54-47-31-37(23-29-50(47)58-53)36-15-11-18-39(30-36)55(41-25-28-45-44-20-9-10-21-49(44)57-51(45)33-41)40-24-27-43-46-26-22-34-12-7-8-19-42(34)52(46)56(48(43)32-40)38-16-5-2-6-17-38/h1-33H. The second kappa shape index (κ2) is 12.8. The molecule has 272 valence electrons. The van der Waals surface area contributed by atoms with Gasteiger partial charge in [0.05, 0.1) is 11.0 Å². The third-order valence-electron chi connectivity index (χ3n) is 11.4. The highest BCUT2D eigenvalue weighted by atomic mass is 16.3. The van der Waals surface area contributed by atoms with Gasteiger partial charge in [-0.3, -0.25) is 0 Å². The van der Waals surface area contributed by atoms with Crippen molar-refractivity contribution in [2.24, 2.45) is 0 Å². The van der Waals surface area contributed by atoms with Gasteiger partial charge in [0, 0.05) is 61.3 Å². The summed E-state index contributed by atoms with van der Waals surface area (Å²) < 4.78 is 15.1. The molecule has 0 aliphatic rings. The molecule has 12 rings (SSSR count). The smallest absolute Gasteiger partial charge is 0.227 e. The molecule has 58 heavy (non-hydrogen) atoms. The summed E-state index contributed by atoms with van der Waals surface area (Å²) in [5, 5.41) is 7.06. The summed E-state index contributed by atoms with van der Waals surface area (Å²) in [6.45, 7) is 0. The number of aromatic nitrogens is 2. The van der Waals surface area contributed by atoms with Gasteiger partial charge in [-0.2, -0.15) is 0 Å². The molecule has 5 heteroatoms. The van der Waals surface area contributed by atoms with Crippen molar-refractivity contribution in [2.45, 2.75) is 0 Å². The van der Waals surface area contributed by atoms with Crippen molar-refractivity contribution >= 4 is 82.7 Å². The summed E-state index contributed by atoms with van der Waals surface area (Å²) in [6.07, 6.45) is 0. The van der Waals surface area contributed by atoms with Gasteiger partial charge in [-0.1, -0.05) is 115 Å². The predicted molar refractivity (Wildman–Crippen MR) is 239 cm³/mol. The normalized spacial score (nSPS) is 11.8. The molecule has 12 aromatic rings. The average molecular weight is 744 g/mol. The molecule has 5 nitrogen and oxygen atoms in total. The first-order valence-corrected chi connectivity index (χ1v) is 19.5. The summed E-state index contributed by atoms with van der Waals surface area (Å²) in [4.78, 5) is 7.21. The molecule has 0 bridgehead atoms. The highest BCUT2D eigenvalue weighted by Crippen LogP contribution is 2.43. The van der Waals surface area contributed by atoms with Crippen molar-refractivity contribution < 1.29 is 8.83 Å². The number of hydrogen-bond donors (Lipinski definition) is 0. The lowest BCUT2D eigenvalue weighted by atomic mass is 10.0. The minimum absolute atomic E-state index is 0.616. The number of anilines is 3. The van der Waals surface area contributed by atoms with Gasteiger partial charge in [0.1, 0.15) is 16.7 Å². The maximum atomic E-state index is 6.46. The molecule has 0 N–H and O–H groups in total. The van der Waals surface area contributed by atoms with Crippen molar-refractivity contribution in [3.05, 3.63) is 200 Å². The molecular formula is C53H33N3O2. The zero-order valence-corrected chi connectivity index (χ0v) is 31.2. The lowest BCUT2D eigenvalue weighted by Crippen LogP contribution is -2.10. The summed E-state index contributed by atoms with van der Waals surface area (Å²) >= 11 is 0. The van der Waals surface area contributed by atoms with Gasteiger partial charge in [0.25, 0.3) is 0 Å². The Bertz CT molecular complexity index is 3520. The molecule has 0 atom stereocenters. The van der Waals surface area contributed by atoms with Crippen molar-refractivity contribution in [1.29, 1.82) is 0 Å². The molecule has 0 spiro atoms. The Hall–Kier alpha value is -7.89. The summed E-state index contributed by atoms with van der Waals surface area (Å²) in [5.74, 6) is 0.616. The van der Waals surface area contributed by atoms with E-state index in [-0.39, 0.29) is 0 Å². The number of furan rings is 1. The SMILES string of the molecule is c1ccc(-c2nc3cc(-c4cccc(N(c5ccc6c(c5)oc5ccccc56)c5ccc6c7ccc8ccccc8c7n(-c7ccccc7)c6c5)c4)ccc3o2)cc1. The average Bonchev–Trinajstić information content (AvgIpc) is 3.99. The fourth-order valence-electron chi connectivity index (χ4n) is 8.69. The van der Waals surface area contributed by atoms with E-state index in [1.165, 1.54) is 27.1 Å². The van der Waals surface area contributed by atoms with Gasteiger partial charge >= 0.3 is 0 Å². The molecule has 3 aromatic heterocycles. The molecule has 0 unspecified atom stereocenters. The van der Waals surface area contributed by atoms with Crippen molar-refractivity contribution in [1.82, 2.24) is 9.55 Å². The first-order valence-electron chi connectivity index (χ1n) is 19.5. The Morgan fingerprint density at radius 3 is 1.95 bits per heavy atom. The Morgan fingerprint density at radius 1 is 0.397 bits per heavy atom. The Kier molecular flexibility index (Phi) is 7.16. The molecule has 3 heterocycles. The molecule has 0 aliphatic heterocycles. The number of nitrogens with zero attached hydrogens (tertiary/aromatic N) is 3. The number of hydrogen-bond acceptors (Lipinski definition) is 4. The first-order chi connectivity index (χ1) is 28.7. The third kappa shape index (κ3) is 5.14. The molecule has 0 saturated carbocycles. The van der Waals surface area contributed by atoms with Gasteiger partial charge in [-0.15, -0.1) is 0 Å². The number of fused-ring (bicyclic) bond motifs is 9. The quantitative estimate of drug-likeness (QED) is 0.170. The molecule has 9 aromatic carbocycles. The van der Waals surface area contributed by atoms with Gasteiger partial charge in [-0.25, -0.2) is 4.98 Å². The van der Waals surface area contributed by atoms with E-state index in [0.29, 0.717) is 5.89 Å². The van der Waals surface area contributed by atoms with Crippen molar-refractivity contribution in [2.75, 3.05) is 4.90 Å². The predicted octanol–water partition coefficient (Wildman–Crippen LogP) is 14.8. The molecular weight excluding hydrogens is 711 g/mol. The maximum Gasteiger partial charge on any atom is 0.227 e. The number of oxazole rings is 1. The van der Waals surface area contributed by atoms with Crippen LogP contribution in [-0.2, 0) is 0 Å². The molecule has 0 radical (unpaired) electrons. The van der Waals surface area contributed by atoms with Crippen LogP contribution in [-0.4, -0.2) is 9.55 Å². The summed E-state index contributed by atoms with van der Waals surface area (Å²) in [6, 6.07) is 70.5. The van der Waals surface area contributed by atoms with Crippen LogP contribution in [0.15, 0.2) is 209 Å². The fraction of sp³-hybridized carbons (Fsp3) is 0.